The monoisotopic (exact) mass is 327 g/mol. The van der Waals surface area contributed by atoms with E-state index in [1.807, 2.05) is 54.6 Å². The summed E-state index contributed by atoms with van der Waals surface area (Å²) in [6.45, 7) is 0. The maximum Gasteiger partial charge on any atom is 0.274 e. The van der Waals surface area contributed by atoms with Crippen LogP contribution >= 0.6 is 0 Å². The Morgan fingerprint density at radius 3 is 2.72 bits per heavy atom. The summed E-state index contributed by atoms with van der Waals surface area (Å²) in [7, 11) is 0. The summed E-state index contributed by atoms with van der Waals surface area (Å²) in [5.41, 5.74) is 4.91. The minimum absolute atomic E-state index is 0.168. The highest BCUT2D eigenvalue weighted by Gasteiger charge is 2.11. The molecule has 1 N–H and O–H groups in total. The number of hydrogen-bond donors (Lipinski definition) is 1. The second-order valence-electron chi connectivity index (χ2n) is 5.88. The Kier molecular flexibility index (Phi) is 2.87. The third-order valence-electron chi connectivity index (χ3n) is 4.35. The van der Waals surface area contributed by atoms with Crippen molar-refractivity contribution in [3.63, 3.8) is 0 Å². The summed E-state index contributed by atoms with van der Waals surface area (Å²) >= 11 is 0. The fourth-order valence-corrected chi connectivity index (χ4v) is 3.10. The molecule has 5 aromatic rings. The van der Waals surface area contributed by atoms with Crippen molar-refractivity contribution in [2.24, 2.45) is 0 Å². The molecular weight excluding hydrogens is 314 g/mol. The zero-order chi connectivity index (χ0) is 16.8. The Labute approximate surface area is 142 Å². The van der Waals surface area contributed by atoms with Crippen LogP contribution in [-0.4, -0.2) is 14.6 Å². The number of nitrogens with one attached hydrogen (secondary N) is 1. The molecule has 5 rings (SSSR count). The van der Waals surface area contributed by atoms with Crippen molar-refractivity contribution in [2.75, 3.05) is 0 Å². The lowest BCUT2D eigenvalue weighted by Gasteiger charge is -2.05. The van der Waals surface area contributed by atoms with Gasteiger partial charge >= 0.3 is 0 Å². The Bertz CT molecular complexity index is 1260. The summed E-state index contributed by atoms with van der Waals surface area (Å²) in [6, 6.07) is 19.2. The summed E-state index contributed by atoms with van der Waals surface area (Å²) in [6.07, 6.45) is 3.37. The maximum atomic E-state index is 12.5. The van der Waals surface area contributed by atoms with Crippen LogP contribution < -0.4 is 5.56 Å². The smallest absolute Gasteiger partial charge is 0.274 e. The number of hydrogen-bond acceptors (Lipinski definition) is 3. The molecule has 0 unspecified atom stereocenters. The number of aromatic nitrogens is 3. The number of nitrogens with zero attached hydrogens (tertiary/aromatic N) is 2. The molecule has 0 aliphatic heterocycles. The Morgan fingerprint density at radius 2 is 1.84 bits per heavy atom. The van der Waals surface area contributed by atoms with Crippen LogP contribution in [0.4, 0.5) is 0 Å². The first kappa shape index (κ1) is 13.8. The van der Waals surface area contributed by atoms with Gasteiger partial charge in [0, 0.05) is 17.0 Å². The SMILES string of the molecule is O=c1cc(-c2ccc3occc3c2)[nH]c2c(-c3ccccc3)cnn12. The summed E-state index contributed by atoms with van der Waals surface area (Å²) in [4.78, 5) is 15.9. The Balaban J connectivity index is 1.75. The fourth-order valence-electron chi connectivity index (χ4n) is 3.10. The minimum Gasteiger partial charge on any atom is -0.464 e. The zero-order valence-electron chi connectivity index (χ0n) is 13.1. The fraction of sp³-hybridized carbons (Fsp3) is 0. The van der Waals surface area contributed by atoms with E-state index in [2.05, 4.69) is 10.1 Å². The molecule has 0 saturated heterocycles. The molecule has 0 radical (unpaired) electrons. The predicted molar refractivity (Wildman–Crippen MR) is 96.5 cm³/mol. The summed E-state index contributed by atoms with van der Waals surface area (Å²) in [5.74, 6) is 0. The zero-order valence-corrected chi connectivity index (χ0v) is 13.1. The van der Waals surface area contributed by atoms with Crippen molar-refractivity contribution in [2.45, 2.75) is 0 Å². The lowest BCUT2D eigenvalue weighted by atomic mass is 10.1. The first-order valence-electron chi connectivity index (χ1n) is 7.94. The van der Waals surface area contributed by atoms with Gasteiger partial charge in [0.05, 0.1) is 18.2 Å². The molecule has 0 aliphatic carbocycles. The Morgan fingerprint density at radius 1 is 0.960 bits per heavy atom. The number of furan rings is 1. The van der Waals surface area contributed by atoms with Crippen LogP contribution in [0.1, 0.15) is 0 Å². The van der Waals surface area contributed by atoms with Gasteiger partial charge in [-0.3, -0.25) is 4.79 Å². The van der Waals surface area contributed by atoms with Gasteiger partial charge in [-0.05, 0) is 35.4 Å². The highest BCUT2D eigenvalue weighted by Crippen LogP contribution is 2.26. The third kappa shape index (κ3) is 2.17. The molecule has 0 fully saturated rings. The molecule has 0 amide bonds. The van der Waals surface area contributed by atoms with Crippen molar-refractivity contribution in [3.8, 4) is 22.4 Å². The number of fused-ring (bicyclic) bond motifs is 2. The standard InChI is InChI=1S/C20H13N3O2/c24-19-11-17(14-6-7-18-15(10-14)8-9-25-18)22-20-16(12-21-23(19)20)13-4-2-1-3-5-13/h1-12,22H. The van der Waals surface area contributed by atoms with E-state index in [0.29, 0.717) is 5.65 Å². The van der Waals surface area contributed by atoms with E-state index in [-0.39, 0.29) is 5.56 Å². The molecule has 120 valence electrons. The van der Waals surface area contributed by atoms with E-state index < -0.39 is 0 Å². The first-order chi connectivity index (χ1) is 12.3. The van der Waals surface area contributed by atoms with Gasteiger partial charge in [-0.15, -0.1) is 0 Å². The highest BCUT2D eigenvalue weighted by molar-refractivity contribution is 5.84. The number of rotatable bonds is 2. The molecule has 5 heteroatoms. The van der Waals surface area contributed by atoms with E-state index in [1.165, 1.54) is 4.52 Å². The first-order valence-corrected chi connectivity index (χ1v) is 7.94. The molecule has 0 aliphatic rings. The van der Waals surface area contributed by atoms with Crippen LogP contribution in [-0.2, 0) is 0 Å². The molecule has 3 aromatic heterocycles. The lowest BCUT2D eigenvalue weighted by Crippen LogP contribution is -2.14. The van der Waals surface area contributed by atoms with Crippen molar-refractivity contribution >= 4 is 16.6 Å². The van der Waals surface area contributed by atoms with Crippen molar-refractivity contribution in [1.29, 1.82) is 0 Å². The molecule has 0 atom stereocenters. The predicted octanol–water partition coefficient (Wildman–Crippen LogP) is 4.10. The quantitative estimate of drug-likeness (QED) is 0.531. The van der Waals surface area contributed by atoms with E-state index >= 15 is 0 Å². The van der Waals surface area contributed by atoms with Gasteiger partial charge in [0.1, 0.15) is 11.2 Å². The molecule has 5 nitrogen and oxygen atoms in total. The lowest BCUT2D eigenvalue weighted by molar-refractivity contribution is 0.616. The maximum absolute atomic E-state index is 12.5. The van der Waals surface area contributed by atoms with Gasteiger partial charge in [0.25, 0.3) is 5.56 Å². The van der Waals surface area contributed by atoms with Gasteiger partial charge in [0.15, 0.2) is 0 Å². The highest BCUT2D eigenvalue weighted by atomic mass is 16.3. The van der Waals surface area contributed by atoms with Crippen molar-refractivity contribution < 1.29 is 4.42 Å². The van der Waals surface area contributed by atoms with E-state index in [0.717, 1.165) is 33.4 Å². The van der Waals surface area contributed by atoms with Gasteiger partial charge in [0.2, 0.25) is 0 Å². The van der Waals surface area contributed by atoms with Crippen LogP contribution in [0.5, 0.6) is 0 Å². The minimum atomic E-state index is -0.168. The van der Waals surface area contributed by atoms with Gasteiger partial charge in [-0.1, -0.05) is 30.3 Å². The van der Waals surface area contributed by atoms with Crippen LogP contribution in [0.3, 0.4) is 0 Å². The second-order valence-corrected chi connectivity index (χ2v) is 5.88. The normalized spacial score (nSPS) is 11.4. The topological polar surface area (TPSA) is 63.3 Å². The molecule has 0 spiro atoms. The van der Waals surface area contributed by atoms with E-state index in [4.69, 9.17) is 4.42 Å². The number of aromatic amines is 1. The van der Waals surface area contributed by atoms with Crippen LogP contribution in [0.25, 0.3) is 39.0 Å². The second kappa shape index (κ2) is 5.21. The van der Waals surface area contributed by atoms with Crippen LogP contribution in [0.15, 0.2) is 82.3 Å². The molecule has 2 aromatic carbocycles. The number of benzene rings is 2. The third-order valence-corrected chi connectivity index (χ3v) is 4.35. The molecule has 0 saturated carbocycles. The number of H-pyrrole nitrogens is 1. The van der Waals surface area contributed by atoms with Crippen molar-refractivity contribution in [3.05, 3.63) is 83.5 Å². The molecule has 3 heterocycles. The summed E-state index contributed by atoms with van der Waals surface area (Å²) < 4.78 is 6.77. The van der Waals surface area contributed by atoms with Crippen LogP contribution in [0.2, 0.25) is 0 Å². The van der Waals surface area contributed by atoms with Gasteiger partial charge in [-0.2, -0.15) is 9.61 Å². The van der Waals surface area contributed by atoms with Gasteiger partial charge < -0.3 is 9.40 Å². The van der Waals surface area contributed by atoms with Crippen molar-refractivity contribution in [1.82, 2.24) is 14.6 Å². The summed E-state index contributed by atoms with van der Waals surface area (Å²) in [5, 5.41) is 5.22. The van der Waals surface area contributed by atoms with E-state index in [1.54, 1.807) is 18.5 Å². The molecule has 25 heavy (non-hydrogen) atoms. The average Bonchev–Trinajstić information content (AvgIpc) is 3.28. The molecular formula is C20H13N3O2. The largest absolute Gasteiger partial charge is 0.464 e. The van der Waals surface area contributed by atoms with Gasteiger partial charge in [-0.25, -0.2) is 0 Å². The average molecular weight is 327 g/mol. The van der Waals surface area contributed by atoms with E-state index in [9.17, 15) is 4.79 Å². The molecule has 0 bridgehead atoms. The van der Waals surface area contributed by atoms with Crippen LogP contribution in [0, 0.1) is 0 Å². The Hall–Kier alpha value is -3.60.